The molecule has 2 heterocycles. The van der Waals surface area contributed by atoms with Crippen molar-refractivity contribution in [2.24, 2.45) is 0 Å². The van der Waals surface area contributed by atoms with Gasteiger partial charge in [0.2, 0.25) is 5.91 Å². The molecule has 1 fully saturated rings. The Balaban J connectivity index is 1.70. The normalized spacial score (nSPS) is 14.7. The van der Waals surface area contributed by atoms with Crippen LogP contribution in [0.25, 0.3) is 0 Å². The van der Waals surface area contributed by atoms with Crippen molar-refractivity contribution in [3.8, 4) is 0 Å². The molecule has 1 aliphatic heterocycles. The highest BCUT2D eigenvalue weighted by Gasteiger charge is 2.16. The van der Waals surface area contributed by atoms with Crippen LogP contribution >= 0.6 is 11.3 Å². The van der Waals surface area contributed by atoms with Gasteiger partial charge in [0, 0.05) is 25.2 Å². The van der Waals surface area contributed by atoms with E-state index in [-0.39, 0.29) is 5.91 Å². The number of hydrogen-bond acceptors (Lipinski definition) is 6. The SMILES string of the molecule is C=C1COCCN1CCCCC(=O)Nc1ccsc1C(=O)OC. The van der Waals surface area contributed by atoms with Gasteiger partial charge in [-0.3, -0.25) is 4.79 Å². The van der Waals surface area contributed by atoms with Crippen LogP contribution in [0.1, 0.15) is 28.9 Å². The van der Waals surface area contributed by atoms with Gasteiger partial charge in [-0.05, 0) is 24.3 Å². The van der Waals surface area contributed by atoms with E-state index >= 15 is 0 Å². The number of carbonyl (C=O) groups excluding carboxylic acids is 2. The zero-order valence-electron chi connectivity index (χ0n) is 13.3. The second kappa shape index (κ2) is 8.69. The summed E-state index contributed by atoms with van der Waals surface area (Å²) < 4.78 is 10.0. The third kappa shape index (κ3) is 5.07. The summed E-state index contributed by atoms with van der Waals surface area (Å²) in [5.74, 6) is -0.518. The van der Waals surface area contributed by atoms with Crippen LogP contribution in [0.2, 0.25) is 0 Å². The summed E-state index contributed by atoms with van der Waals surface area (Å²) in [4.78, 5) is 26.2. The molecule has 0 saturated carbocycles. The summed E-state index contributed by atoms with van der Waals surface area (Å²) in [6, 6.07) is 1.71. The largest absolute Gasteiger partial charge is 0.465 e. The first-order valence-electron chi connectivity index (χ1n) is 7.58. The fourth-order valence-electron chi connectivity index (χ4n) is 2.34. The predicted molar refractivity (Wildman–Crippen MR) is 89.7 cm³/mol. The standard InChI is InChI=1S/C16H22N2O4S/c1-12-11-22-9-8-18(12)7-4-3-5-14(19)17-13-6-10-23-15(13)16(20)21-2/h6,10H,1,3-5,7-9,11H2,2H3,(H,17,19). The number of thiophene rings is 1. The Morgan fingerprint density at radius 2 is 2.30 bits per heavy atom. The van der Waals surface area contributed by atoms with Crippen molar-refractivity contribution in [3.63, 3.8) is 0 Å². The highest BCUT2D eigenvalue weighted by molar-refractivity contribution is 7.12. The van der Waals surface area contributed by atoms with Gasteiger partial charge in [0.1, 0.15) is 4.88 Å². The van der Waals surface area contributed by atoms with Gasteiger partial charge < -0.3 is 19.7 Å². The van der Waals surface area contributed by atoms with Crippen molar-refractivity contribution in [3.05, 3.63) is 28.6 Å². The third-order valence-corrected chi connectivity index (χ3v) is 4.51. The molecular formula is C16H22N2O4S. The van der Waals surface area contributed by atoms with Gasteiger partial charge >= 0.3 is 5.97 Å². The number of hydrogen-bond donors (Lipinski definition) is 1. The van der Waals surface area contributed by atoms with Crippen molar-refractivity contribution in [1.82, 2.24) is 4.90 Å². The minimum atomic E-state index is -0.430. The van der Waals surface area contributed by atoms with Crippen LogP contribution in [-0.2, 0) is 14.3 Å². The lowest BCUT2D eigenvalue weighted by Crippen LogP contribution is -2.34. The lowest BCUT2D eigenvalue weighted by atomic mass is 10.2. The summed E-state index contributed by atoms with van der Waals surface area (Å²) in [7, 11) is 1.33. The molecule has 0 atom stereocenters. The van der Waals surface area contributed by atoms with Crippen LogP contribution in [0.5, 0.6) is 0 Å². The lowest BCUT2D eigenvalue weighted by molar-refractivity contribution is -0.116. The maximum absolute atomic E-state index is 12.0. The highest BCUT2D eigenvalue weighted by Crippen LogP contribution is 2.23. The Labute approximate surface area is 140 Å². The number of nitrogens with zero attached hydrogens (tertiary/aromatic N) is 1. The first kappa shape index (κ1) is 17.5. The number of rotatable bonds is 7. The molecule has 1 aliphatic rings. The summed E-state index contributed by atoms with van der Waals surface area (Å²) in [5.41, 5.74) is 1.52. The molecule has 0 aliphatic carbocycles. The van der Waals surface area contributed by atoms with E-state index in [1.54, 1.807) is 11.4 Å². The quantitative estimate of drug-likeness (QED) is 0.611. The number of ether oxygens (including phenoxy) is 2. The molecule has 1 aromatic heterocycles. The van der Waals surface area contributed by atoms with Gasteiger partial charge in [-0.25, -0.2) is 4.79 Å². The number of methoxy groups -OCH3 is 1. The first-order valence-corrected chi connectivity index (χ1v) is 8.46. The van der Waals surface area contributed by atoms with Crippen LogP contribution < -0.4 is 5.32 Å². The van der Waals surface area contributed by atoms with E-state index in [9.17, 15) is 9.59 Å². The lowest BCUT2D eigenvalue weighted by Gasteiger charge is -2.30. The molecule has 0 spiro atoms. The van der Waals surface area contributed by atoms with Crippen LogP contribution in [0.15, 0.2) is 23.7 Å². The molecular weight excluding hydrogens is 316 g/mol. The topological polar surface area (TPSA) is 67.9 Å². The van der Waals surface area contributed by atoms with Gasteiger partial charge in [0.15, 0.2) is 0 Å². The third-order valence-electron chi connectivity index (χ3n) is 3.61. The Hall–Kier alpha value is -1.86. The maximum Gasteiger partial charge on any atom is 0.350 e. The predicted octanol–water partition coefficient (Wildman–Crippen LogP) is 2.49. The van der Waals surface area contributed by atoms with Crippen molar-refractivity contribution in [2.45, 2.75) is 19.3 Å². The molecule has 126 valence electrons. The maximum atomic E-state index is 12.0. The van der Waals surface area contributed by atoms with E-state index in [1.165, 1.54) is 18.4 Å². The molecule has 0 bridgehead atoms. The molecule has 23 heavy (non-hydrogen) atoms. The Morgan fingerprint density at radius 3 is 3.04 bits per heavy atom. The molecule has 0 aromatic carbocycles. The average molecular weight is 338 g/mol. The van der Waals surface area contributed by atoms with Crippen LogP contribution in [0.4, 0.5) is 5.69 Å². The number of esters is 1. The minimum Gasteiger partial charge on any atom is -0.465 e. The highest BCUT2D eigenvalue weighted by atomic mass is 32.1. The summed E-state index contributed by atoms with van der Waals surface area (Å²) in [5, 5.41) is 4.53. The van der Waals surface area contributed by atoms with Crippen LogP contribution in [0, 0.1) is 0 Å². The van der Waals surface area contributed by atoms with Crippen molar-refractivity contribution in [2.75, 3.05) is 38.7 Å². The van der Waals surface area contributed by atoms with Gasteiger partial charge in [0.05, 0.1) is 26.0 Å². The molecule has 1 N–H and O–H groups in total. The molecule has 1 aromatic rings. The molecule has 0 radical (unpaired) electrons. The molecule has 1 amide bonds. The van der Waals surface area contributed by atoms with Crippen molar-refractivity contribution >= 4 is 28.9 Å². The molecule has 6 nitrogen and oxygen atoms in total. The van der Waals surface area contributed by atoms with E-state index in [1.807, 2.05) is 0 Å². The van der Waals surface area contributed by atoms with Crippen LogP contribution in [-0.4, -0.2) is 50.2 Å². The monoisotopic (exact) mass is 338 g/mol. The number of carbonyl (C=O) groups is 2. The van der Waals surface area contributed by atoms with Gasteiger partial charge in [-0.2, -0.15) is 0 Å². The zero-order chi connectivity index (χ0) is 16.7. The molecule has 2 rings (SSSR count). The first-order chi connectivity index (χ1) is 11.1. The number of nitrogens with one attached hydrogen (secondary N) is 1. The Morgan fingerprint density at radius 1 is 1.48 bits per heavy atom. The second-order valence-electron chi connectivity index (χ2n) is 5.27. The Bertz CT molecular complexity index is 570. The van der Waals surface area contributed by atoms with Gasteiger partial charge in [-0.15, -0.1) is 11.3 Å². The number of unbranched alkanes of at least 4 members (excludes halogenated alkanes) is 1. The van der Waals surface area contributed by atoms with Crippen molar-refractivity contribution < 1.29 is 19.1 Å². The zero-order valence-corrected chi connectivity index (χ0v) is 14.1. The Kier molecular flexibility index (Phi) is 6.61. The summed E-state index contributed by atoms with van der Waals surface area (Å²) in [6.07, 6.45) is 2.13. The van der Waals surface area contributed by atoms with E-state index < -0.39 is 5.97 Å². The summed E-state index contributed by atoms with van der Waals surface area (Å²) >= 11 is 1.25. The smallest absolute Gasteiger partial charge is 0.350 e. The number of morpholine rings is 1. The summed E-state index contributed by atoms with van der Waals surface area (Å²) in [6.45, 7) is 7.05. The molecule has 0 unspecified atom stereocenters. The fraction of sp³-hybridized carbons (Fsp3) is 0.500. The molecule has 7 heteroatoms. The van der Waals surface area contributed by atoms with Crippen molar-refractivity contribution in [1.29, 1.82) is 0 Å². The van der Waals surface area contributed by atoms with E-state index in [0.717, 1.165) is 38.2 Å². The van der Waals surface area contributed by atoms with E-state index in [0.29, 0.717) is 23.6 Å². The molecule has 1 saturated heterocycles. The van der Waals surface area contributed by atoms with E-state index in [4.69, 9.17) is 4.74 Å². The second-order valence-corrected chi connectivity index (χ2v) is 6.18. The fourth-order valence-corrected chi connectivity index (χ4v) is 3.11. The van der Waals surface area contributed by atoms with Gasteiger partial charge in [0.25, 0.3) is 0 Å². The average Bonchev–Trinajstić information content (AvgIpc) is 3.00. The minimum absolute atomic E-state index is 0.0886. The van der Waals surface area contributed by atoms with E-state index in [2.05, 4.69) is 21.5 Å². The number of amides is 1. The van der Waals surface area contributed by atoms with Crippen LogP contribution in [0.3, 0.4) is 0 Å². The van der Waals surface area contributed by atoms with Gasteiger partial charge in [-0.1, -0.05) is 6.58 Å². The number of anilines is 1.